The van der Waals surface area contributed by atoms with Gasteiger partial charge in [-0.3, -0.25) is 9.79 Å². The summed E-state index contributed by atoms with van der Waals surface area (Å²) in [5, 5.41) is 19.6. The van der Waals surface area contributed by atoms with Gasteiger partial charge in [0.2, 0.25) is 6.33 Å². The molecule has 0 saturated carbocycles. The number of aliphatic hydroxyl groups is 1. The summed E-state index contributed by atoms with van der Waals surface area (Å²) in [4.78, 5) is 32.6. The first-order chi connectivity index (χ1) is 12.8. The van der Waals surface area contributed by atoms with E-state index in [1.807, 2.05) is 16.3 Å². The van der Waals surface area contributed by atoms with Crippen LogP contribution >= 0.6 is 11.8 Å². The Balaban J connectivity index is 1.79. The van der Waals surface area contributed by atoms with E-state index in [0.717, 1.165) is 13.1 Å². The van der Waals surface area contributed by atoms with E-state index in [-0.39, 0.29) is 28.7 Å². The largest absolute Gasteiger partial charge is 0.477 e. The number of nitrogens with zero attached hydrogens (tertiary/aromatic N) is 4. The maximum Gasteiger partial charge on any atom is 0.350 e. The molecule has 148 valence electrons. The Morgan fingerprint density at radius 1 is 1.52 bits per heavy atom. The van der Waals surface area contributed by atoms with Crippen LogP contribution in [-0.4, -0.2) is 66.8 Å². The number of hydrogen-bond donors (Lipinski definition) is 2. The van der Waals surface area contributed by atoms with Crippen LogP contribution in [0.5, 0.6) is 0 Å². The molecule has 0 saturated heterocycles. The van der Waals surface area contributed by atoms with E-state index in [1.54, 1.807) is 31.3 Å². The molecule has 3 rings (SSSR count). The van der Waals surface area contributed by atoms with Crippen LogP contribution in [0.1, 0.15) is 20.8 Å². The quantitative estimate of drug-likeness (QED) is 0.481. The van der Waals surface area contributed by atoms with Crippen LogP contribution in [0.15, 0.2) is 17.6 Å². The fraction of sp³-hybridized carbons (Fsp3) is 0.706. The fourth-order valence-corrected chi connectivity index (χ4v) is 5.39. The van der Waals surface area contributed by atoms with Crippen molar-refractivity contribution in [1.29, 1.82) is 0 Å². The van der Waals surface area contributed by atoms with E-state index in [0.29, 0.717) is 0 Å². The summed E-state index contributed by atoms with van der Waals surface area (Å²) in [5.74, 6) is -2.71. The van der Waals surface area contributed by atoms with Crippen LogP contribution in [0.2, 0.25) is 0 Å². The average molecular weight is 397 g/mol. The number of aliphatic hydroxyl groups excluding tert-OH is 1. The second-order valence-corrected chi connectivity index (χ2v) is 8.44. The molecule has 0 radical (unpaired) electrons. The van der Waals surface area contributed by atoms with Gasteiger partial charge in [-0.2, -0.15) is 9.36 Å². The molecule has 10 heteroatoms. The predicted octanol–water partition coefficient (Wildman–Crippen LogP) is -0.241. The fourth-order valence-electron chi connectivity index (χ4n) is 3.80. The normalized spacial score (nSPS) is 29.1. The minimum atomic E-state index is -1.08. The topological polar surface area (TPSA) is 118 Å². The molecule has 5 atom stereocenters. The molecule has 1 aromatic rings. The maximum absolute atomic E-state index is 12.3. The van der Waals surface area contributed by atoms with Crippen molar-refractivity contribution in [1.82, 2.24) is 9.67 Å². The molecule has 3 heterocycles. The van der Waals surface area contributed by atoms with E-state index >= 15 is 0 Å². The third-order valence-electron chi connectivity index (χ3n) is 5.09. The molecule has 27 heavy (non-hydrogen) atoms. The summed E-state index contributed by atoms with van der Waals surface area (Å²) in [7, 11) is 0. The Hall–Kier alpha value is -1.94. The van der Waals surface area contributed by atoms with Gasteiger partial charge in [-0.15, -0.1) is 11.8 Å². The summed E-state index contributed by atoms with van der Waals surface area (Å²) in [6, 6.07) is -0.623. The van der Waals surface area contributed by atoms with Gasteiger partial charge >= 0.3 is 18.3 Å². The number of esters is 1. The highest BCUT2D eigenvalue weighted by Gasteiger charge is 2.48. The van der Waals surface area contributed by atoms with Gasteiger partial charge in [0, 0.05) is 0 Å². The molecule has 0 aliphatic carbocycles. The summed E-state index contributed by atoms with van der Waals surface area (Å²) in [5.41, 5.74) is 0.0622. The van der Waals surface area contributed by atoms with Crippen LogP contribution in [0.4, 0.5) is 0 Å². The molecular weight excluding hydrogens is 372 g/mol. The smallest absolute Gasteiger partial charge is 0.350 e. The lowest BCUT2D eigenvalue weighted by atomic mass is 9.86. The first kappa shape index (κ1) is 19.8. The van der Waals surface area contributed by atoms with Crippen LogP contribution in [0.25, 0.3) is 0 Å². The van der Waals surface area contributed by atoms with Crippen molar-refractivity contribution in [2.45, 2.75) is 56.5 Å². The Kier molecular flexibility index (Phi) is 5.85. The maximum atomic E-state index is 12.3. The van der Waals surface area contributed by atoms with Crippen LogP contribution in [-0.2, 0) is 27.4 Å². The zero-order chi connectivity index (χ0) is 19.7. The Morgan fingerprint density at radius 3 is 2.85 bits per heavy atom. The molecule has 0 fully saturated rings. The zero-order valence-corrected chi connectivity index (χ0v) is 16.4. The number of aliphatic imine (C=N–C) groups is 1. The number of ether oxygens (including phenoxy) is 1. The van der Waals surface area contributed by atoms with Crippen molar-refractivity contribution < 1.29 is 29.2 Å². The molecule has 2 aliphatic heterocycles. The summed E-state index contributed by atoms with van der Waals surface area (Å²) in [6.07, 6.45) is 2.52. The Morgan fingerprint density at radius 2 is 2.26 bits per heavy atom. The van der Waals surface area contributed by atoms with Crippen molar-refractivity contribution in [3.8, 4) is 0 Å². The molecule has 0 spiro atoms. The standard InChI is InChI=1S/C17H24N4O5S/c1-4-26-17(25)12(10(3)22)13-9(2)15(14(19-13)16(23)24)27-11-5-20-7-18-8-21(20)6-11/h7-13,15,22H,4-6H2,1-3H3/p+1/t9-,10-,12-,13-,15?/m1/s1. The van der Waals surface area contributed by atoms with Crippen LogP contribution in [0, 0.1) is 11.8 Å². The minimum absolute atomic E-state index is 0.0622. The lowest BCUT2D eigenvalue weighted by Gasteiger charge is -2.28. The predicted molar refractivity (Wildman–Crippen MR) is 97.4 cm³/mol. The second-order valence-electron chi connectivity index (χ2n) is 6.99. The van der Waals surface area contributed by atoms with Gasteiger partial charge in [0.05, 0.1) is 35.8 Å². The van der Waals surface area contributed by atoms with E-state index in [4.69, 9.17) is 4.74 Å². The number of hydrogen-bond acceptors (Lipinski definition) is 7. The number of fused-ring (bicyclic) bond motifs is 1. The highest BCUT2D eigenvalue weighted by Crippen LogP contribution is 2.39. The van der Waals surface area contributed by atoms with Gasteiger partial charge in [-0.25, -0.2) is 4.79 Å². The van der Waals surface area contributed by atoms with Crippen LogP contribution < -0.4 is 4.68 Å². The summed E-state index contributed by atoms with van der Waals surface area (Å²) in [6.45, 7) is 6.77. The third kappa shape index (κ3) is 3.86. The Bertz CT molecular complexity index is 729. The first-order valence-corrected chi connectivity index (χ1v) is 9.98. The molecular formula is C17H25N4O5S+. The lowest BCUT2D eigenvalue weighted by Crippen LogP contribution is -2.41. The number of aromatic nitrogens is 3. The lowest BCUT2D eigenvalue weighted by molar-refractivity contribution is -0.758. The van der Waals surface area contributed by atoms with Crippen molar-refractivity contribution in [3.05, 3.63) is 12.7 Å². The van der Waals surface area contributed by atoms with Gasteiger partial charge in [0.25, 0.3) is 0 Å². The molecule has 1 aromatic heterocycles. The molecule has 0 amide bonds. The highest BCUT2D eigenvalue weighted by molar-refractivity contribution is 8.01. The number of carboxylic acids is 1. The molecule has 2 aliphatic rings. The molecule has 9 nitrogen and oxygen atoms in total. The molecule has 1 unspecified atom stereocenters. The monoisotopic (exact) mass is 397 g/mol. The number of carboxylic acid groups (broad SMARTS) is 1. The molecule has 0 bridgehead atoms. The Labute approximate surface area is 161 Å². The van der Waals surface area contributed by atoms with Crippen LogP contribution in [0.3, 0.4) is 0 Å². The van der Waals surface area contributed by atoms with Crippen molar-refractivity contribution in [2.75, 3.05) is 6.61 Å². The second kappa shape index (κ2) is 7.97. The van der Waals surface area contributed by atoms with Gasteiger partial charge in [0.15, 0.2) is 0 Å². The summed E-state index contributed by atoms with van der Waals surface area (Å²) < 4.78 is 9.07. The van der Waals surface area contributed by atoms with Crippen molar-refractivity contribution in [2.24, 2.45) is 16.8 Å². The first-order valence-electron chi connectivity index (χ1n) is 9.04. The SMILES string of the molecule is CCOC(=O)[C@@H]([C@@H]1N=C(C(=O)O)C(SC2Cn3cnc[n+]3C2)[C@@H]1C)[C@@H](C)O. The molecule has 0 aromatic carbocycles. The number of thioether (sulfide) groups is 1. The van der Waals surface area contributed by atoms with Gasteiger partial charge in [-0.1, -0.05) is 6.92 Å². The number of carbonyl (C=O) groups excluding carboxylic acids is 1. The molecule has 2 N–H and O–H groups in total. The van der Waals surface area contributed by atoms with E-state index in [1.165, 1.54) is 6.92 Å². The number of aliphatic carboxylic acids is 1. The number of rotatable bonds is 7. The average Bonchev–Trinajstić information content (AvgIpc) is 3.24. The zero-order valence-electron chi connectivity index (χ0n) is 15.6. The van der Waals surface area contributed by atoms with Gasteiger partial charge in [0.1, 0.15) is 18.2 Å². The highest BCUT2D eigenvalue weighted by atomic mass is 32.2. The third-order valence-corrected chi connectivity index (χ3v) is 6.72. The van der Waals surface area contributed by atoms with Gasteiger partial charge in [-0.05, 0) is 24.7 Å². The minimum Gasteiger partial charge on any atom is -0.477 e. The summed E-state index contributed by atoms with van der Waals surface area (Å²) >= 11 is 1.56. The van der Waals surface area contributed by atoms with Crippen molar-refractivity contribution >= 4 is 29.4 Å². The van der Waals surface area contributed by atoms with E-state index in [2.05, 4.69) is 9.98 Å². The van der Waals surface area contributed by atoms with E-state index < -0.39 is 30.0 Å². The van der Waals surface area contributed by atoms with E-state index in [9.17, 15) is 19.8 Å². The van der Waals surface area contributed by atoms with Crippen molar-refractivity contribution in [3.63, 3.8) is 0 Å². The van der Waals surface area contributed by atoms with Gasteiger partial charge < -0.3 is 14.9 Å². The number of carbonyl (C=O) groups is 2.